The SMILES string of the molecule is CC1(C)CCC(Nc2ccc(C(N)=O)nn2)CC1. The van der Waals surface area contributed by atoms with E-state index in [2.05, 4.69) is 29.4 Å². The zero-order valence-corrected chi connectivity index (χ0v) is 10.9. The molecule has 5 heteroatoms. The Morgan fingerprint density at radius 2 is 2.00 bits per heavy atom. The van der Waals surface area contributed by atoms with E-state index in [0.717, 1.165) is 12.8 Å². The average Bonchev–Trinajstić information content (AvgIpc) is 2.33. The highest BCUT2D eigenvalue weighted by Crippen LogP contribution is 2.35. The van der Waals surface area contributed by atoms with Gasteiger partial charge in [0.05, 0.1) is 0 Å². The van der Waals surface area contributed by atoms with Crippen LogP contribution in [0.4, 0.5) is 5.82 Å². The summed E-state index contributed by atoms with van der Waals surface area (Å²) in [4.78, 5) is 10.9. The third kappa shape index (κ3) is 3.18. The van der Waals surface area contributed by atoms with Crippen molar-refractivity contribution in [3.63, 3.8) is 0 Å². The predicted octanol–water partition coefficient (Wildman–Crippen LogP) is 1.96. The molecule has 0 unspecified atom stereocenters. The molecule has 0 aromatic carbocycles. The Balaban J connectivity index is 1.92. The van der Waals surface area contributed by atoms with Crippen LogP contribution < -0.4 is 11.1 Å². The van der Waals surface area contributed by atoms with E-state index < -0.39 is 5.91 Å². The van der Waals surface area contributed by atoms with E-state index in [1.807, 2.05) is 0 Å². The molecular weight excluding hydrogens is 228 g/mol. The molecule has 0 aliphatic heterocycles. The average molecular weight is 248 g/mol. The normalized spacial score (nSPS) is 19.4. The second-order valence-corrected chi connectivity index (χ2v) is 5.75. The number of amides is 1. The molecule has 1 aromatic heterocycles. The first kappa shape index (κ1) is 12.8. The van der Waals surface area contributed by atoms with Crippen molar-refractivity contribution in [2.75, 3.05) is 5.32 Å². The molecule has 0 bridgehead atoms. The van der Waals surface area contributed by atoms with Gasteiger partial charge in [-0.2, -0.15) is 0 Å². The summed E-state index contributed by atoms with van der Waals surface area (Å²) in [5.41, 5.74) is 5.77. The van der Waals surface area contributed by atoms with Crippen molar-refractivity contribution in [2.45, 2.75) is 45.6 Å². The highest BCUT2D eigenvalue weighted by Gasteiger charge is 2.26. The lowest BCUT2D eigenvalue weighted by molar-refractivity contribution is 0.0994. The minimum Gasteiger partial charge on any atom is -0.366 e. The van der Waals surface area contributed by atoms with E-state index in [1.54, 1.807) is 12.1 Å². The molecule has 3 N–H and O–H groups in total. The monoisotopic (exact) mass is 248 g/mol. The van der Waals surface area contributed by atoms with Gasteiger partial charge in [-0.15, -0.1) is 10.2 Å². The van der Waals surface area contributed by atoms with Crippen LogP contribution in [0.2, 0.25) is 0 Å². The number of carbonyl (C=O) groups excluding carboxylic acids is 1. The summed E-state index contributed by atoms with van der Waals surface area (Å²) in [6, 6.07) is 3.81. The van der Waals surface area contributed by atoms with Crippen LogP contribution >= 0.6 is 0 Å². The van der Waals surface area contributed by atoms with Crippen LogP contribution in [0.15, 0.2) is 12.1 Å². The first-order valence-electron chi connectivity index (χ1n) is 6.36. The molecule has 1 amide bonds. The number of nitrogens with two attached hydrogens (primary N) is 1. The molecule has 2 rings (SSSR count). The van der Waals surface area contributed by atoms with Crippen molar-refractivity contribution < 1.29 is 4.79 Å². The Hall–Kier alpha value is -1.65. The van der Waals surface area contributed by atoms with Crippen molar-refractivity contribution in [2.24, 2.45) is 11.1 Å². The Labute approximate surface area is 107 Å². The van der Waals surface area contributed by atoms with Gasteiger partial charge in [0.15, 0.2) is 5.69 Å². The molecule has 1 aromatic rings. The molecular formula is C13H20N4O. The maximum absolute atomic E-state index is 10.9. The van der Waals surface area contributed by atoms with Gasteiger partial charge in [0.2, 0.25) is 0 Å². The molecule has 18 heavy (non-hydrogen) atoms. The summed E-state index contributed by atoms with van der Waals surface area (Å²) >= 11 is 0. The largest absolute Gasteiger partial charge is 0.366 e. The van der Waals surface area contributed by atoms with Gasteiger partial charge < -0.3 is 11.1 Å². The van der Waals surface area contributed by atoms with Crippen molar-refractivity contribution in [1.82, 2.24) is 10.2 Å². The van der Waals surface area contributed by atoms with Crippen molar-refractivity contribution in [3.8, 4) is 0 Å². The Morgan fingerprint density at radius 1 is 1.33 bits per heavy atom. The highest BCUT2D eigenvalue weighted by atomic mass is 16.1. The number of anilines is 1. The van der Waals surface area contributed by atoms with Gasteiger partial charge in [-0.25, -0.2) is 0 Å². The Morgan fingerprint density at radius 3 is 2.50 bits per heavy atom. The van der Waals surface area contributed by atoms with E-state index in [-0.39, 0.29) is 5.69 Å². The van der Waals surface area contributed by atoms with Crippen molar-refractivity contribution in [1.29, 1.82) is 0 Å². The van der Waals surface area contributed by atoms with E-state index in [9.17, 15) is 4.79 Å². The number of hydrogen-bond acceptors (Lipinski definition) is 4. The topological polar surface area (TPSA) is 80.9 Å². The molecule has 1 aliphatic carbocycles. The summed E-state index contributed by atoms with van der Waals surface area (Å²) in [6.07, 6.45) is 4.73. The van der Waals surface area contributed by atoms with Crippen LogP contribution in [-0.2, 0) is 0 Å². The molecule has 0 radical (unpaired) electrons. The third-order valence-corrected chi connectivity index (χ3v) is 3.61. The Bertz CT molecular complexity index is 417. The highest BCUT2D eigenvalue weighted by molar-refractivity contribution is 5.90. The Kier molecular flexibility index (Phi) is 3.50. The lowest BCUT2D eigenvalue weighted by atomic mass is 9.75. The minimum atomic E-state index is -0.548. The molecule has 1 saturated carbocycles. The minimum absolute atomic E-state index is 0.199. The zero-order chi connectivity index (χ0) is 13.2. The number of nitrogens with zero attached hydrogens (tertiary/aromatic N) is 2. The maximum atomic E-state index is 10.9. The zero-order valence-electron chi connectivity index (χ0n) is 10.9. The van der Waals surface area contributed by atoms with Crippen LogP contribution in [-0.4, -0.2) is 22.1 Å². The fourth-order valence-electron chi connectivity index (χ4n) is 2.29. The van der Waals surface area contributed by atoms with Gasteiger partial charge in [-0.1, -0.05) is 13.8 Å². The quantitative estimate of drug-likeness (QED) is 0.856. The number of aromatic nitrogens is 2. The fraction of sp³-hybridized carbons (Fsp3) is 0.615. The summed E-state index contributed by atoms with van der Waals surface area (Å²) in [5.74, 6) is 0.165. The third-order valence-electron chi connectivity index (χ3n) is 3.61. The van der Waals surface area contributed by atoms with E-state index >= 15 is 0 Å². The number of hydrogen-bond donors (Lipinski definition) is 2. The fourth-order valence-corrected chi connectivity index (χ4v) is 2.29. The molecule has 1 fully saturated rings. The number of carbonyl (C=O) groups is 1. The maximum Gasteiger partial charge on any atom is 0.269 e. The number of primary amides is 1. The summed E-state index contributed by atoms with van der Waals surface area (Å²) in [7, 11) is 0. The molecule has 98 valence electrons. The van der Waals surface area contributed by atoms with Crippen LogP contribution in [0, 0.1) is 5.41 Å². The van der Waals surface area contributed by atoms with E-state index in [1.165, 1.54) is 12.8 Å². The number of nitrogens with one attached hydrogen (secondary N) is 1. The molecule has 1 heterocycles. The van der Waals surface area contributed by atoms with Crippen LogP contribution in [0.3, 0.4) is 0 Å². The van der Waals surface area contributed by atoms with Gasteiger partial charge in [0.25, 0.3) is 5.91 Å². The lowest BCUT2D eigenvalue weighted by Crippen LogP contribution is -2.30. The second kappa shape index (κ2) is 4.92. The summed E-state index contributed by atoms with van der Waals surface area (Å²) in [6.45, 7) is 4.62. The standard InChI is InChI=1S/C13H20N4O/c1-13(2)7-5-9(6-8-13)15-11-4-3-10(12(14)18)16-17-11/h3-4,9H,5-8H2,1-2H3,(H2,14,18)(H,15,17). The van der Waals surface area contributed by atoms with Gasteiger partial charge >= 0.3 is 0 Å². The van der Waals surface area contributed by atoms with E-state index in [4.69, 9.17) is 5.73 Å². The van der Waals surface area contributed by atoms with Gasteiger partial charge in [0.1, 0.15) is 5.82 Å². The molecule has 5 nitrogen and oxygen atoms in total. The van der Waals surface area contributed by atoms with Crippen molar-refractivity contribution >= 4 is 11.7 Å². The number of rotatable bonds is 3. The lowest BCUT2D eigenvalue weighted by Gasteiger charge is -2.34. The van der Waals surface area contributed by atoms with Gasteiger partial charge in [0, 0.05) is 6.04 Å². The first-order valence-corrected chi connectivity index (χ1v) is 6.36. The molecule has 0 atom stereocenters. The summed E-state index contributed by atoms with van der Waals surface area (Å²) < 4.78 is 0. The van der Waals surface area contributed by atoms with Crippen LogP contribution in [0.1, 0.15) is 50.0 Å². The molecule has 0 saturated heterocycles. The second-order valence-electron chi connectivity index (χ2n) is 5.75. The van der Waals surface area contributed by atoms with Gasteiger partial charge in [-0.05, 0) is 43.2 Å². The van der Waals surface area contributed by atoms with Crippen molar-refractivity contribution in [3.05, 3.63) is 17.8 Å². The molecule has 1 aliphatic rings. The molecule has 0 spiro atoms. The summed E-state index contributed by atoms with van der Waals surface area (Å²) in [5, 5.41) is 11.1. The van der Waals surface area contributed by atoms with Gasteiger partial charge in [-0.3, -0.25) is 4.79 Å². The van der Waals surface area contributed by atoms with Crippen LogP contribution in [0.25, 0.3) is 0 Å². The first-order chi connectivity index (χ1) is 8.46. The van der Waals surface area contributed by atoms with E-state index in [0.29, 0.717) is 17.3 Å². The smallest absolute Gasteiger partial charge is 0.269 e. The van der Waals surface area contributed by atoms with Crippen LogP contribution in [0.5, 0.6) is 0 Å². The predicted molar refractivity (Wildman–Crippen MR) is 70.2 cm³/mol.